The van der Waals surface area contributed by atoms with Crippen LogP contribution in [0, 0.1) is 11.3 Å². The van der Waals surface area contributed by atoms with Gasteiger partial charge in [-0.1, -0.05) is 55.1 Å². The number of ether oxygens (including phenoxy) is 1. The first kappa shape index (κ1) is 23.6. The summed E-state index contributed by atoms with van der Waals surface area (Å²) in [5, 5.41) is 13.2. The minimum absolute atomic E-state index is 0.400. The van der Waals surface area contributed by atoms with Crippen molar-refractivity contribution < 1.29 is 4.74 Å². The number of nitrogens with zero attached hydrogens (tertiary/aromatic N) is 2. The van der Waals surface area contributed by atoms with Crippen molar-refractivity contribution in [2.45, 2.75) is 44.8 Å². The Morgan fingerprint density at radius 3 is 2.66 bits per heavy atom. The van der Waals surface area contributed by atoms with Gasteiger partial charge in [0.2, 0.25) is 0 Å². The summed E-state index contributed by atoms with van der Waals surface area (Å²) in [6, 6.07) is 20.0. The predicted molar refractivity (Wildman–Crippen MR) is 131 cm³/mol. The van der Waals surface area contributed by atoms with Gasteiger partial charge in [0.1, 0.15) is 18.2 Å². The Balaban J connectivity index is 0.00000141. The van der Waals surface area contributed by atoms with Crippen molar-refractivity contribution >= 4 is 17.4 Å². The highest BCUT2D eigenvalue weighted by Crippen LogP contribution is 2.32. The highest BCUT2D eigenvalue weighted by atomic mass is 35.5. The van der Waals surface area contributed by atoms with Crippen LogP contribution in [0.1, 0.15) is 43.2 Å². The number of rotatable bonds is 6. The molecule has 5 nitrogen and oxygen atoms in total. The van der Waals surface area contributed by atoms with Crippen molar-refractivity contribution in [3.63, 3.8) is 0 Å². The van der Waals surface area contributed by atoms with E-state index >= 15 is 0 Å². The number of anilines is 1. The van der Waals surface area contributed by atoms with Crippen molar-refractivity contribution in [3.05, 3.63) is 76.9 Å². The Morgan fingerprint density at radius 1 is 1.09 bits per heavy atom. The standard InChI is InChI=1S/C25H24ClN3O.CH5N/c26-24-16-28-25(29-21-9-2-1-3-10-21)14-23(24)20-8-5-11-22(13-20)30-17-19-7-4-6-18(12-19)15-27;1-2/h4-8,11-14,16,21H,1-3,9-10,17H2,(H,28,29);2H2,1H3. The molecular weight excluding hydrogens is 420 g/mol. The van der Waals surface area contributed by atoms with E-state index in [0.717, 1.165) is 28.3 Å². The second kappa shape index (κ2) is 12.1. The van der Waals surface area contributed by atoms with Crippen LogP contribution in [-0.4, -0.2) is 18.1 Å². The molecule has 1 aliphatic carbocycles. The van der Waals surface area contributed by atoms with E-state index in [9.17, 15) is 0 Å². The summed E-state index contributed by atoms with van der Waals surface area (Å²) in [5.74, 6) is 1.62. The zero-order valence-electron chi connectivity index (χ0n) is 18.4. The summed E-state index contributed by atoms with van der Waals surface area (Å²) in [6.07, 6.45) is 7.96. The van der Waals surface area contributed by atoms with Crippen molar-refractivity contribution in [1.29, 1.82) is 5.26 Å². The molecule has 166 valence electrons. The van der Waals surface area contributed by atoms with Crippen LogP contribution in [0.2, 0.25) is 5.02 Å². The number of pyridine rings is 1. The lowest BCUT2D eigenvalue weighted by Crippen LogP contribution is -2.22. The number of benzene rings is 2. The molecule has 1 aliphatic rings. The SMILES string of the molecule is CN.N#Cc1cccc(COc2cccc(-c3cc(NC4CCCCC4)ncc3Cl)c2)c1. The van der Waals surface area contributed by atoms with Crippen molar-refractivity contribution in [1.82, 2.24) is 4.98 Å². The third kappa shape index (κ3) is 6.46. The Hall–Kier alpha value is -3.07. The molecule has 32 heavy (non-hydrogen) atoms. The maximum Gasteiger partial charge on any atom is 0.126 e. The van der Waals surface area contributed by atoms with Gasteiger partial charge in [0.05, 0.1) is 16.7 Å². The lowest BCUT2D eigenvalue weighted by Gasteiger charge is -2.23. The molecule has 0 saturated heterocycles. The zero-order valence-corrected chi connectivity index (χ0v) is 19.1. The smallest absolute Gasteiger partial charge is 0.126 e. The van der Waals surface area contributed by atoms with E-state index in [1.165, 1.54) is 39.2 Å². The van der Waals surface area contributed by atoms with E-state index in [-0.39, 0.29) is 0 Å². The molecule has 1 aromatic heterocycles. The molecule has 6 heteroatoms. The van der Waals surface area contributed by atoms with E-state index in [2.05, 4.69) is 22.1 Å². The van der Waals surface area contributed by atoms with Crippen LogP contribution < -0.4 is 15.8 Å². The van der Waals surface area contributed by atoms with Crippen LogP contribution in [0.15, 0.2) is 60.8 Å². The van der Waals surface area contributed by atoms with E-state index in [4.69, 9.17) is 21.6 Å². The number of hydrogen-bond donors (Lipinski definition) is 2. The van der Waals surface area contributed by atoms with Gasteiger partial charge < -0.3 is 15.8 Å². The topological polar surface area (TPSA) is 84.0 Å². The average molecular weight is 449 g/mol. The Morgan fingerprint density at radius 2 is 1.88 bits per heavy atom. The highest BCUT2D eigenvalue weighted by Gasteiger charge is 2.15. The number of nitriles is 1. The van der Waals surface area contributed by atoms with Gasteiger partial charge in [-0.15, -0.1) is 0 Å². The molecule has 0 aliphatic heterocycles. The maximum atomic E-state index is 9.05. The second-order valence-corrected chi connectivity index (χ2v) is 8.06. The Kier molecular flexibility index (Phi) is 8.91. The number of halogens is 1. The summed E-state index contributed by atoms with van der Waals surface area (Å²) in [4.78, 5) is 4.47. The molecule has 0 bridgehead atoms. The van der Waals surface area contributed by atoms with Gasteiger partial charge in [-0.2, -0.15) is 5.26 Å². The normalized spacial score (nSPS) is 13.4. The van der Waals surface area contributed by atoms with Crippen LogP contribution in [0.5, 0.6) is 5.75 Å². The van der Waals surface area contributed by atoms with E-state index in [1.807, 2.05) is 48.5 Å². The van der Waals surface area contributed by atoms with E-state index in [1.54, 1.807) is 12.3 Å². The quantitative estimate of drug-likeness (QED) is 0.470. The van der Waals surface area contributed by atoms with Crippen molar-refractivity contribution in [3.8, 4) is 22.9 Å². The molecule has 2 aromatic carbocycles. The first-order valence-electron chi connectivity index (χ1n) is 10.9. The molecule has 0 spiro atoms. The lowest BCUT2D eigenvalue weighted by atomic mass is 9.95. The van der Waals surface area contributed by atoms with Crippen LogP contribution in [0.3, 0.4) is 0 Å². The third-order valence-electron chi connectivity index (χ3n) is 5.42. The van der Waals surface area contributed by atoms with Crippen LogP contribution in [0.25, 0.3) is 11.1 Å². The largest absolute Gasteiger partial charge is 0.489 e. The number of hydrogen-bond acceptors (Lipinski definition) is 5. The fourth-order valence-electron chi connectivity index (χ4n) is 3.85. The fraction of sp³-hybridized carbons (Fsp3) is 0.308. The molecule has 1 saturated carbocycles. The van der Waals surface area contributed by atoms with Crippen molar-refractivity contribution in [2.24, 2.45) is 5.73 Å². The molecule has 4 rings (SSSR count). The van der Waals surface area contributed by atoms with Crippen LogP contribution >= 0.6 is 11.6 Å². The molecule has 1 fully saturated rings. The van der Waals surface area contributed by atoms with Crippen LogP contribution in [0.4, 0.5) is 5.82 Å². The highest BCUT2D eigenvalue weighted by molar-refractivity contribution is 6.33. The number of aromatic nitrogens is 1. The lowest BCUT2D eigenvalue weighted by molar-refractivity contribution is 0.306. The summed E-state index contributed by atoms with van der Waals surface area (Å²) in [7, 11) is 1.50. The van der Waals surface area contributed by atoms with E-state index in [0.29, 0.717) is 23.2 Å². The summed E-state index contributed by atoms with van der Waals surface area (Å²) >= 11 is 6.47. The minimum Gasteiger partial charge on any atom is -0.489 e. The molecule has 0 unspecified atom stereocenters. The molecule has 3 aromatic rings. The minimum atomic E-state index is 0.400. The van der Waals surface area contributed by atoms with E-state index < -0.39 is 0 Å². The molecular formula is C26H29ClN4O. The van der Waals surface area contributed by atoms with Gasteiger partial charge in [-0.3, -0.25) is 0 Å². The van der Waals surface area contributed by atoms with Gasteiger partial charge >= 0.3 is 0 Å². The summed E-state index contributed by atoms with van der Waals surface area (Å²) in [6.45, 7) is 0.400. The fourth-order valence-corrected chi connectivity index (χ4v) is 4.06. The predicted octanol–water partition coefficient (Wildman–Crippen LogP) is 6.17. The Labute approximate surface area is 195 Å². The molecule has 0 amide bonds. The van der Waals surface area contributed by atoms with Crippen LogP contribution in [-0.2, 0) is 6.61 Å². The number of nitrogens with two attached hydrogens (primary N) is 1. The Bertz CT molecular complexity index is 1060. The van der Waals surface area contributed by atoms with Crippen molar-refractivity contribution in [2.75, 3.05) is 12.4 Å². The van der Waals surface area contributed by atoms with Gasteiger partial charge in [-0.05, 0) is 61.3 Å². The molecule has 0 radical (unpaired) electrons. The summed E-state index contributed by atoms with van der Waals surface area (Å²) in [5.41, 5.74) is 8.01. The first-order valence-corrected chi connectivity index (χ1v) is 11.3. The zero-order chi connectivity index (χ0) is 22.8. The molecule has 0 atom stereocenters. The molecule has 3 N–H and O–H groups in total. The number of nitrogens with one attached hydrogen (secondary N) is 1. The third-order valence-corrected chi connectivity index (χ3v) is 5.72. The summed E-state index contributed by atoms with van der Waals surface area (Å²) < 4.78 is 5.96. The molecule has 1 heterocycles. The van der Waals surface area contributed by atoms with Gasteiger partial charge in [-0.25, -0.2) is 4.98 Å². The monoisotopic (exact) mass is 448 g/mol. The maximum absolute atomic E-state index is 9.05. The first-order chi connectivity index (χ1) is 15.7. The van der Waals surface area contributed by atoms with Gasteiger partial charge in [0.25, 0.3) is 0 Å². The second-order valence-electron chi connectivity index (χ2n) is 7.66. The van der Waals surface area contributed by atoms with Gasteiger partial charge in [0.15, 0.2) is 0 Å². The van der Waals surface area contributed by atoms with Gasteiger partial charge in [0, 0.05) is 17.8 Å². The average Bonchev–Trinajstić information content (AvgIpc) is 2.86.